The van der Waals surface area contributed by atoms with Crippen molar-refractivity contribution in [1.29, 1.82) is 0 Å². The molecule has 0 unspecified atom stereocenters. The topological polar surface area (TPSA) is 404 Å². The van der Waals surface area contributed by atoms with Crippen LogP contribution in [0.1, 0.15) is 91.1 Å². The number of nitrogens with one attached hydrogen (secondary N) is 4. The zero-order valence-corrected chi connectivity index (χ0v) is 37.8. The molecule has 0 bridgehead atoms. The average Bonchev–Trinajstić information content (AvgIpc) is 3.29. The summed E-state index contributed by atoms with van der Waals surface area (Å²) >= 11 is 0. The Labute approximate surface area is 408 Å². The van der Waals surface area contributed by atoms with Gasteiger partial charge in [0.2, 0.25) is 11.8 Å². The van der Waals surface area contributed by atoms with E-state index in [1.54, 1.807) is 0 Å². The zero-order chi connectivity index (χ0) is 57.9. The van der Waals surface area contributed by atoms with Crippen molar-refractivity contribution in [3.05, 3.63) is 69.8 Å². The van der Waals surface area contributed by atoms with Crippen molar-refractivity contribution in [3.63, 3.8) is 0 Å². The van der Waals surface area contributed by atoms with E-state index >= 15 is 0 Å². The van der Waals surface area contributed by atoms with E-state index in [9.17, 15) is 81.5 Å². The summed E-state index contributed by atoms with van der Waals surface area (Å²) in [7, 11) is 0. The summed E-state index contributed by atoms with van der Waals surface area (Å²) in [5.41, 5.74) is 23.3. The van der Waals surface area contributed by atoms with E-state index in [0.717, 1.165) is 25.7 Å². The molecule has 0 saturated heterocycles. The number of halogens is 12. The highest BCUT2D eigenvalue weighted by atomic mass is 19.4. The van der Waals surface area contributed by atoms with Gasteiger partial charge in [0.15, 0.2) is 11.6 Å². The molecule has 4 amide bonds. The quantitative estimate of drug-likeness (QED) is 0.0636. The largest absolute Gasteiger partial charge is 0.490 e. The van der Waals surface area contributed by atoms with Crippen LogP contribution >= 0.6 is 0 Å². The highest BCUT2D eigenvalue weighted by Crippen LogP contribution is 2.29. The van der Waals surface area contributed by atoms with Gasteiger partial charge in [-0.15, -0.1) is 0 Å². The van der Waals surface area contributed by atoms with Gasteiger partial charge in [0.1, 0.15) is 0 Å². The number of carbonyl (C=O) groups excluding carboxylic acids is 6. The van der Waals surface area contributed by atoms with E-state index in [-0.39, 0.29) is 71.4 Å². The van der Waals surface area contributed by atoms with Crippen molar-refractivity contribution < 1.29 is 121 Å². The lowest BCUT2D eigenvalue weighted by Crippen LogP contribution is -2.43. The number of fused-ring (bicyclic) bond motifs is 2. The Kier molecular flexibility index (Phi) is 29.6. The maximum atomic E-state index is 13.4. The number of carbonyl (C=O) groups is 10. The van der Waals surface area contributed by atoms with Gasteiger partial charge in [-0.2, -0.15) is 52.7 Å². The number of amides is 4. The Hall–Kier alpha value is -7.46. The zero-order valence-electron chi connectivity index (χ0n) is 37.8. The molecule has 2 atom stereocenters. The number of carboxylic acids is 4. The van der Waals surface area contributed by atoms with Crippen molar-refractivity contribution in [3.8, 4) is 0 Å². The number of unbranched alkanes of at least 4 members (excludes halogenated alkanes) is 2. The normalized spacial score (nSPS) is 12.5. The third-order valence-corrected chi connectivity index (χ3v) is 8.54. The van der Waals surface area contributed by atoms with E-state index in [0.29, 0.717) is 25.9 Å². The standard InChI is InChI=1S/C32H44N8O6.4C2HF3O2/c33-11-3-1-5-25(35)31(45)39-15-13-37-29(43)19-7-9-21-23(17-19)28(42)24-18-20(8-10-22(24)27(21)41)30(44)38-14-16-40-32(46)26(36)6-2-4-12-34;4*3-2(4,5)1(6)7/h7-10,17-18,25-26H,1-6,11-16,33-36H2,(H,37,43)(H,38,44)(H,39,45)(H,40,46);4*(H,6,7)/t25-,26-;;;;/m0..../s1. The van der Waals surface area contributed by atoms with Crippen LogP contribution in [0.5, 0.6) is 0 Å². The summed E-state index contributed by atoms with van der Waals surface area (Å²) in [4.78, 5) is 112. The van der Waals surface area contributed by atoms with Gasteiger partial charge in [0.05, 0.1) is 12.1 Å². The highest BCUT2D eigenvalue weighted by Gasteiger charge is 2.40. The van der Waals surface area contributed by atoms with Gasteiger partial charge < -0.3 is 64.6 Å². The van der Waals surface area contributed by atoms with Gasteiger partial charge in [0.25, 0.3) is 11.8 Å². The summed E-state index contributed by atoms with van der Waals surface area (Å²) in [6.07, 6.45) is -16.3. The van der Waals surface area contributed by atoms with Crippen molar-refractivity contribution in [1.82, 2.24) is 21.3 Å². The van der Waals surface area contributed by atoms with Gasteiger partial charge in [0, 0.05) is 59.6 Å². The van der Waals surface area contributed by atoms with Crippen molar-refractivity contribution in [2.24, 2.45) is 22.9 Å². The minimum atomic E-state index is -5.08. The molecule has 416 valence electrons. The number of benzene rings is 2. The summed E-state index contributed by atoms with van der Waals surface area (Å²) in [5.74, 6) is -13.6. The first-order valence-corrected chi connectivity index (χ1v) is 20.5. The molecule has 0 heterocycles. The van der Waals surface area contributed by atoms with Crippen LogP contribution in [0.25, 0.3) is 0 Å². The average molecular weight is 1090 g/mol. The van der Waals surface area contributed by atoms with Gasteiger partial charge in [-0.1, -0.05) is 12.8 Å². The second kappa shape index (κ2) is 31.9. The van der Waals surface area contributed by atoms with E-state index in [1.165, 1.54) is 36.4 Å². The molecule has 0 saturated carbocycles. The van der Waals surface area contributed by atoms with E-state index in [4.69, 9.17) is 62.5 Å². The number of nitrogens with two attached hydrogens (primary N) is 4. The molecule has 74 heavy (non-hydrogen) atoms. The molecule has 1 aliphatic rings. The Morgan fingerprint density at radius 3 is 0.919 bits per heavy atom. The molecule has 0 aliphatic heterocycles. The molecule has 22 nitrogen and oxygen atoms in total. The van der Waals surface area contributed by atoms with Crippen LogP contribution in [0.3, 0.4) is 0 Å². The van der Waals surface area contributed by atoms with Crippen LogP contribution in [0.4, 0.5) is 52.7 Å². The van der Waals surface area contributed by atoms with E-state index in [2.05, 4.69) is 21.3 Å². The Morgan fingerprint density at radius 2 is 0.676 bits per heavy atom. The summed E-state index contributed by atoms with van der Waals surface area (Å²) in [6.45, 7) is 1.62. The molecule has 0 fully saturated rings. The Morgan fingerprint density at radius 1 is 0.432 bits per heavy atom. The number of alkyl halides is 12. The maximum absolute atomic E-state index is 13.4. The van der Waals surface area contributed by atoms with E-state index < -0.39 is 84.0 Å². The number of hydrogen-bond acceptors (Lipinski definition) is 14. The molecule has 2 aromatic rings. The fourth-order valence-corrected chi connectivity index (χ4v) is 4.90. The van der Waals surface area contributed by atoms with Gasteiger partial charge in [-0.25, -0.2) is 19.2 Å². The summed E-state index contributed by atoms with van der Waals surface area (Å²) < 4.78 is 127. The number of hydrogen-bond donors (Lipinski definition) is 12. The molecule has 2 aromatic carbocycles. The molecule has 1 aliphatic carbocycles. The smallest absolute Gasteiger partial charge is 0.475 e. The van der Waals surface area contributed by atoms with Gasteiger partial charge >= 0.3 is 48.6 Å². The van der Waals surface area contributed by atoms with Crippen LogP contribution in [-0.2, 0) is 28.8 Å². The molecule has 0 spiro atoms. The second-order valence-electron chi connectivity index (χ2n) is 14.3. The molecular weight excluding hydrogens is 1040 g/mol. The lowest BCUT2D eigenvalue weighted by atomic mass is 9.82. The van der Waals surface area contributed by atoms with Crippen molar-refractivity contribution in [2.45, 2.75) is 75.3 Å². The van der Waals surface area contributed by atoms with Gasteiger partial charge in [-0.3, -0.25) is 28.8 Å². The summed E-state index contributed by atoms with van der Waals surface area (Å²) in [5, 5.41) is 39.2. The van der Waals surface area contributed by atoms with Crippen molar-refractivity contribution in [2.75, 3.05) is 39.3 Å². The lowest BCUT2D eigenvalue weighted by molar-refractivity contribution is -0.193. The second-order valence-corrected chi connectivity index (χ2v) is 14.3. The molecule has 3 rings (SSSR count). The predicted molar refractivity (Wildman–Crippen MR) is 227 cm³/mol. The first kappa shape index (κ1) is 68.6. The SMILES string of the molecule is NCCCC[C@H](N)C(=O)NCCNC(=O)c1ccc2c(c1)C(=O)c1cc(C(=O)NCCNC(=O)[C@@H](N)CCCCN)ccc1C2=O.O=C(O)C(F)(F)F.O=C(O)C(F)(F)F.O=C(O)C(F)(F)F.O=C(O)C(F)(F)F. The number of carboxylic acid groups (broad SMARTS) is 4. The fraction of sp³-hybridized carbons (Fsp3) is 0.450. The number of rotatable bonds is 18. The number of aliphatic carboxylic acids is 4. The van der Waals surface area contributed by atoms with Crippen LogP contribution in [-0.4, -0.2) is 156 Å². The van der Waals surface area contributed by atoms with Crippen molar-refractivity contribution >= 4 is 59.1 Å². The molecule has 0 aromatic heterocycles. The van der Waals surface area contributed by atoms with Crippen LogP contribution in [0.15, 0.2) is 36.4 Å². The Bertz CT molecular complexity index is 2080. The fourth-order valence-electron chi connectivity index (χ4n) is 4.90. The van der Waals surface area contributed by atoms with Gasteiger partial charge in [-0.05, 0) is 75.2 Å². The summed E-state index contributed by atoms with van der Waals surface area (Å²) in [6, 6.07) is 7.12. The predicted octanol–water partition coefficient (Wildman–Crippen LogP) is 1.60. The Balaban J connectivity index is 0. The molecule has 16 N–H and O–H groups in total. The first-order valence-electron chi connectivity index (χ1n) is 20.5. The molecule has 0 radical (unpaired) electrons. The first-order chi connectivity index (χ1) is 33.9. The minimum absolute atomic E-state index is 0.0463. The number of ketones is 2. The van der Waals surface area contributed by atoms with Crippen LogP contribution in [0, 0.1) is 0 Å². The lowest BCUT2D eigenvalue weighted by Gasteiger charge is -2.19. The van der Waals surface area contributed by atoms with Crippen LogP contribution in [0.2, 0.25) is 0 Å². The molecular formula is C40H48F12N8O14. The maximum Gasteiger partial charge on any atom is 0.490 e. The minimum Gasteiger partial charge on any atom is -0.475 e. The third-order valence-electron chi connectivity index (χ3n) is 8.54. The third kappa shape index (κ3) is 26.8. The monoisotopic (exact) mass is 1090 g/mol. The molecule has 34 heteroatoms. The van der Waals surface area contributed by atoms with Crippen LogP contribution < -0.4 is 44.2 Å². The highest BCUT2D eigenvalue weighted by molar-refractivity contribution is 6.29. The van der Waals surface area contributed by atoms with E-state index in [1.807, 2.05) is 0 Å².